The van der Waals surface area contributed by atoms with E-state index in [1.165, 1.54) is 0 Å². The molecule has 6 heteroatoms. The minimum atomic E-state index is -0.742. The lowest BCUT2D eigenvalue weighted by atomic mass is 9.74. The summed E-state index contributed by atoms with van der Waals surface area (Å²) in [4.78, 5) is 27.1. The van der Waals surface area contributed by atoms with Gasteiger partial charge in [0.25, 0.3) is 5.91 Å². The average Bonchev–Trinajstić information content (AvgIpc) is 3.16. The molecule has 1 heterocycles. The summed E-state index contributed by atoms with van der Waals surface area (Å²) in [6.45, 7) is 0.906. The Morgan fingerprint density at radius 1 is 1.14 bits per heavy atom. The Morgan fingerprint density at radius 2 is 1.93 bits per heavy atom. The van der Waals surface area contributed by atoms with Gasteiger partial charge in [-0.1, -0.05) is 36.8 Å². The number of nitrogens with zero attached hydrogens (tertiary/aromatic N) is 1. The Balaban J connectivity index is 1.50. The van der Waals surface area contributed by atoms with E-state index in [0.717, 1.165) is 43.0 Å². The van der Waals surface area contributed by atoms with Crippen molar-refractivity contribution in [3.63, 3.8) is 0 Å². The first kappa shape index (κ1) is 19.6. The molecule has 4 nitrogen and oxygen atoms in total. The second-order valence-corrected chi connectivity index (χ2v) is 8.08. The van der Waals surface area contributed by atoms with E-state index < -0.39 is 17.5 Å². The number of hydrogen-bond donors (Lipinski definition) is 1. The number of benzene rings is 2. The third-order valence-corrected chi connectivity index (χ3v) is 6.36. The van der Waals surface area contributed by atoms with Gasteiger partial charge >= 0.3 is 0 Å². The summed E-state index contributed by atoms with van der Waals surface area (Å²) in [6, 6.07) is 12.8. The fourth-order valence-electron chi connectivity index (χ4n) is 4.87. The maximum atomic E-state index is 13.9. The van der Waals surface area contributed by atoms with E-state index in [9.17, 15) is 18.4 Å². The number of likely N-dealkylation sites (tertiary alicyclic amines) is 1. The molecule has 0 radical (unpaired) electrons. The van der Waals surface area contributed by atoms with E-state index in [-0.39, 0.29) is 22.9 Å². The van der Waals surface area contributed by atoms with Crippen LogP contribution < -0.4 is 5.32 Å². The molecule has 1 N–H and O–H groups in total. The number of fused-ring (bicyclic) bond motifs is 1. The average molecular weight is 398 g/mol. The molecule has 0 spiro atoms. The zero-order valence-electron chi connectivity index (χ0n) is 16.2. The summed E-state index contributed by atoms with van der Waals surface area (Å²) in [5.74, 6) is -1.87. The van der Waals surface area contributed by atoms with Crippen molar-refractivity contribution in [1.29, 1.82) is 0 Å². The molecule has 152 valence electrons. The van der Waals surface area contributed by atoms with Crippen molar-refractivity contribution in [3.05, 3.63) is 71.3 Å². The summed E-state index contributed by atoms with van der Waals surface area (Å²) in [5, 5.41) is 2.81. The number of carbonyl (C=O) groups excluding carboxylic acids is 2. The number of piperidine rings is 1. The Kier molecular flexibility index (Phi) is 5.35. The molecule has 2 fully saturated rings. The van der Waals surface area contributed by atoms with Crippen LogP contribution >= 0.6 is 0 Å². The predicted molar refractivity (Wildman–Crippen MR) is 105 cm³/mol. The van der Waals surface area contributed by atoms with Gasteiger partial charge in [-0.25, -0.2) is 8.78 Å². The monoisotopic (exact) mass is 398 g/mol. The van der Waals surface area contributed by atoms with Crippen LogP contribution in [0.4, 0.5) is 8.78 Å². The summed E-state index contributed by atoms with van der Waals surface area (Å²) in [7, 11) is 0. The van der Waals surface area contributed by atoms with E-state index in [2.05, 4.69) is 5.32 Å². The van der Waals surface area contributed by atoms with Gasteiger partial charge in [0, 0.05) is 31.0 Å². The highest BCUT2D eigenvalue weighted by molar-refractivity contribution is 5.94. The molecule has 4 rings (SSSR count). The van der Waals surface area contributed by atoms with Crippen molar-refractivity contribution in [2.45, 2.75) is 44.7 Å². The van der Waals surface area contributed by atoms with Gasteiger partial charge in [0.05, 0.1) is 5.56 Å². The van der Waals surface area contributed by atoms with Crippen LogP contribution in [0.1, 0.15) is 48.0 Å². The van der Waals surface area contributed by atoms with Crippen LogP contribution in [0.25, 0.3) is 0 Å². The highest BCUT2D eigenvalue weighted by Gasteiger charge is 2.50. The van der Waals surface area contributed by atoms with Crippen LogP contribution in [0.3, 0.4) is 0 Å². The van der Waals surface area contributed by atoms with Crippen molar-refractivity contribution in [3.8, 4) is 0 Å². The number of hydrogen-bond acceptors (Lipinski definition) is 2. The van der Waals surface area contributed by atoms with Gasteiger partial charge in [0.2, 0.25) is 5.91 Å². The van der Waals surface area contributed by atoms with Gasteiger partial charge in [-0.15, -0.1) is 0 Å². The van der Waals surface area contributed by atoms with Crippen LogP contribution in [0.15, 0.2) is 48.5 Å². The van der Waals surface area contributed by atoms with Crippen LogP contribution in [-0.2, 0) is 11.3 Å². The van der Waals surface area contributed by atoms with Crippen LogP contribution in [0, 0.1) is 17.0 Å². The van der Waals surface area contributed by atoms with E-state index in [1.807, 2.05) is 35.2 Å². The van der Waals surface area contributed by atoms with Crippen molar-refractivity contribution in [2.24, 2.45) is 5.41 Å². The van der Waals surface area contributed by atoms with Crippen molar-refractivity contribution in [2.75, 3.05) is 6.54 Å². The van der Waals surface area contributed by atoms with Crippen LogP contribution in [0.5, 0.6) is 0 Å². The number of rotatable bonds is 5. The molecule has 2 amide bonds. The highest BCUT2D eigenvalue weighted by atomic mass is 19.1. The molecule has 2 aromatic carbocycles. The summed E-state index contributed by atoms with van der Waals surface area (Å²) in [5.41, 5.74) is 0.570. The normalized spacial score (nSPS) is 23.7. The molecule has 2 unspecified atom stereocenters. The number of carbonyl (C=O) groups is 2. The molecule has 29 heavy (non-hydrogen) atoms. The van der Waals surface area contributed by atoms with Gasteiger partial charge < -0.3 is 10.2 Å². The molecule has 1 aliphatic carbocycles. The smallest absolute Gasteiger partial charge is 0.254 e. The van der Waals surface area contributed by atoms with Crippen molar-refractivity contribution < 1.29 is 18.4 Å². The zero-order chi connectivity index (χ0) is 20.4. The largest absolute Gasteiger partial charge is 0.351 e. The first-order valence-electron chi connectivity index (χ1n) is 10.1. The summed E-state index contributed by atoms with van der Waals surface area (Å²) >= 11 is 0. The molecule has 1 saturated heterocycles. The number of halogens is 2. The molecule has 1 aliphatic heterocycles. The first-order chi connectivity index (χ1) is 14.0. The molecule has 0 aromatic heterocycles. The summed E-state index contributed by atoms with van der Waals surface area (Å²) in [6.07, 6.45) is 3.92. The standard InChI is InChI=1S/C23H24F2N2O2/c24-17-8-9-19(25)18(13-17)22(29)26-15-23-11-4-7-20(23)27(21(28)10-12-23)14-16-5-2-1-3-6-16/h1-3,5-6,8-9,13,20H,4,7,10-12,14-15H2,(H,26,29). The minimum Gasteiger partial charge on any atom is -0.351 e. The van der Waals surface area contributed by atoms with E-state index in [4.69, 9.17) is 0 Å². The lowest BCUT2D eigenvalue weighted by Gasteiger charge is -2.46. The van der Waals surface area contributed by atoms with Crippen LogP contribution in [0.2, 0.25) is 0 Å². The van der Waals surface area contributed by atoms with Gasteiger partial charge in [-0.3, -0.25) is 9.59 Å². The second kappa shape index (κ2) is 7.93. The lowest BCUT2D eigenvalue weighted by molar-refractivity contribution is -0.142. The molecular formula is C23H24F2N2O2. The molecule has 2 aliphatic rings. The Bertz CT molecular complexity index is 918. The van der Waals surface area contributed by atoms with Gasteiger partial charge in [-0.05, 0) is 43.0 Å². The van der Waals surface area contributed by atoms with Crippen molar-refractivity contribution in [1.82, 2.24) is 10.2 Å². The van der Waals surface area contributed by atoms with Crippen molar-refractivity contribution >= 4 is 11.8 Å². The Hall–Kier alpha value is -2.76. The molecule has 0 bridgehead atoms. The predicted octanol–water partition coefficient (Wildman–Crippen LogP) is 4.06. The topological polar surface area (TPSA) is 49.4 Å². The zero-order valence-corrected chi connectivity index (χ0v) is 16.2. The lowest BCUT2D eigenvalue weighted by Crippen LogP contribution is -2.55. The molecular weight excluding hydrogens is 374 g/mol. The third-order valence-electron chi connectivity index (χ3n) is 6.36. The van der Waals surface area contributed by atoms with Gasteiger partial charge in [-0.2, -0.15) is 0 Å². The molecule has 1 saturated carbocycles. The number of nitrogens with one attached hydrogen (secondary N) is 1. The minimum absolute atomic E-state index is 0.0432. The van der Waals surface area contributed by atoms with E-state index in [0.29, 0.717) is 25.9 Å². The van der Waals surface area contributed by atoms with Gasteiger partial charge in [0.15, 0.2) is 0 Å². The van der Waals surface area contributed by atoms with Gasteiger partial charge in [0.1, 0.15) is 11.6 Å². The van der Waals surface area contributed by atoms with E-state index >= 15 is 0 Å². The fourth-order valence-corrected chi connectivity index (χ4v) is 4.87. The first-order valence-corrected chi connectivity index (χ1v) is 10.1. The Morgan fingerprint density at radius 3 is 2.72 bits per heavy atom. The highest BCUT2D eigenvalue weighted by Crippen LogP contribution is 2.48. The molecule has 2 atom stereocenters. The quantitative estimate of drug-likeness (QED) is 0.826. The third kappa shape index (κ3) is 3.88. The summed E-state index contributed by atoms with van der Waals surface area (Å²) < 4.78 is 27.4. The van der Waals surface area contributed by atoms with Crippen LogP contribution in [-0.4, -0.2) is 29.3 Å². The number of amides is 2. The SMILES string of the molecule is O=C(NCC12CCCC1N(Cc1ccccc1)C(=O)CC2)c1cc(F)ccc1F. The maximum absolute atomic E-state index is 13.9. The Labute approximate surface area is 168 Å². The maximum Gasteiger partial charge on any atom is 0.254 e. The second-order valence-electron chi connectivity index (χ2n) is 8.08. The fraction of sp³-hybridized carbons (Fsp3) is 0.391. The van der Waals surface area contributed by atoms with E-state index in [1.54, 1.807) is 0 Å². The molecule has 2 aromatic rings.